The van der Waals surface area contributed by atoms with Crippen molar-refractivity contribution in [2.75, 3.05) is 6.54 Å². The second-order valence-electron chi connectivity index (χ2n) is 5.41. The number of benzene rings is 2. The molecule has 0 saturated carbocycles. The van der Waals surface area contributed by atoms with Gasteiger partial charge in [-0.25, -0.2) is 0 Å². The summed E-state index contributed by atoms with van der Waals surface area (Å²) in [4.78, 5) is 0. The number of nitrogens with one attached hydrogen (secondary N) is 2. The minimum absolute atomic E-state index is 0.612. The van der Waals surface area contributed by atoms with E-state index in [0.717, 1.165) is 19.5 Å². The van der Waals surface area contributed by atoms with Crippen LogP contribution in [0.15, 0.2) is 54.6 Å². The van der Waals surface area contributed by atoms with Gasteiger partial charge in [-0.3, -0.25) is 0 Å². The van der Waals surface area contributed by atoms with Crippen molar-refractivity contribution < 1.29 is 4.74 Å². The molecule has 0 unspecified atom stereocenters. The molecule has 0 spiro atoms. The molecular formula is C19H24N2OS. The third-order valence-electron chi connectivity index (χ3n) is 3.36. The van der Waals surface area contributed by atoms with Crippen molar-refractivity contribution in [3.63, 3.8) is 0 Å². The largest absolute Gasteiger partial charge is 0.372 e. The molecular weight excluding hydrogens is 304 g/mol. The van der Waals surface area contributed by atoms with Gasteiger partial charge in [0, 0.05) is 13.1 Å². The summed E-state index contributed by atoms with van der Waals surface area (Å²) in [6, 6.07) is 18.6. The second kappa shape index (κ2) is 9.98. The Morgan fingerprint density at radius 3 is 2.39 bits per heavy atom. The maximum atomic E-state index is 5.78. The molecule has 0 aliphatic carbocycles. The molecule has 4 heteroatoms. The van der Waals surface area contributed by atoms with E-state index >= 15 is 0 Å². The summed E-state index contributed by atoms with van der Waals surface area (Å²) < 4.78 is 5.78. The summed E-state index contributed by atoms with van der Waals surface area (Å²) in [5, 5.41) is 7.09. The molecule has 2 N–H and O–H groups in total. The first kappa shape index (κ1) is 17.4. The zero-order valence-corrected chi connectivity index (χ0v) is 14.4. The molecule has 23 heavy (non-hydrogen) atoms. The van der Waals surface area contributed by atoms with Crippen molar-refractivity contribution in [2.24, 2.45) is 0 Å². The van der Waals surface area contributed by atoms with E-state index in [1.54, 1.807) is 0 Å². The molecule has 3 nitrogen and oxygen atoms in total. The standard InChI is InChI=1S/C19H24N2OS/c1-2-11-20-19(23)21-13-17-9-6-10-18(12-17)15-22-14-16-7-4-3-5-8-16/h3-10,12H,2,11,13-15H2,1H3,(H2,20,21,23). The Kier molecular flexibility index (Phi) is 7.57. The Balaban J connectivity index is 1.76. The van der Waals surface area contributed by atoms with E-state index in [1.165, 1.54) is 16.7 Å². The molecule has 0 heterocycles. The highest BCUT2D eigenvalue weighted by Crippen LogP contribution is 2.09. The smallest absolute Gasteiger partial charge is 0.166 e. The fourth-order valence-electron chi connectivity index (χ4n) is 2.17. The summed E-state index contributed by atoms with van der Waals surface area (Å²) in [5.74, 6) is 0. The molecule has 2 aromatic rings. The molecule has 0 aromatic heterocycles. The Labute approximate surface area is 144 Å². The topological polar surface area (TPSA) is 33.3 Å². The molecule has 0 bridgehead atoms. The number of hydrogen-bond acceptors (Lipinski definition) is 2. The molecule has 0 fully saturated rings. The number of ether oxygens (including phenoxy) is 1. The highest BCUT2D eigenvalue weighted by molar-refractivity contribution is 7.80. The summed E-state index contributed by atoms with van der Waals surface area (Å²) >= 11 is 5.23. The van der Waals surface area contributed by atoms with Crippen LogP contribution in [0.1, 0.15) is 30.0 Å². The highest BCUT2D eigenvalue weighted by Gasteiger charge is 1.99. The van der Waals surface area contributed by atoms with E-state index in [-0.39, 0.29) is 0 Å². The summed E-state index contributed by atoms with van der Waals surface area (Å²) in [5.41, 5.74) is 3.57. The Morgan fingerprint density at radius 1 is 0.913 bits per heavy atom. The molecule has 0 saturated heterocycles. The average Bonchev–Trinajstić information content (AvgIpc) is 2.59. The van der Waals surface area contributed by atoms with Gasteiger partial charge in [-0.05, 0) is 35.3 Å². The van der Waals surface area contributed by atoms with Gasteiger partial charge in [0.1, 0.15) is 0 Å². The van der Waals surface area contributed by atoms with Gasteiger partial charge in [0.2, 0.25) is 0 Å². The van der Waals surface area contributed by atoms with Gasteiger partial charge in [-0.2, -0.15) is 0 Å². The van der Waals surface area contributed by atoms with E-state index in [2.05, 4.69) is 54.0 Å². The van der Waals surface area contributed by atoms with Crippen molar-refractivity contribution in [2.45, 2.75) is 33.1 Å². The van der Waals surface area contributed by atoms with Crippen molar-refractivity contribution in [3.8, 4) is 0 Å². The monoisotopic (exact) mass is 328 g/mol. The lowest BCUT2D eigenvalue weighted by atomic mass is 10.1. The molecule has 0 amide bonds. The maximum absolute atomic E-state index is 5.78. The SMILES string of the molecule is CCCNC(=S)NCc1cccc(COCc2ccccc2)c1. The minimum Gasteiger partial charge on any atom is -0.372 e. The molecule has 0 atom stereocenters. The minimum atomic E-state index is 0.612. The summed E-state index contributed by atoms with van der Waals surface area (Å²) in [6.45, 7) is 4.99. The Bertz CT molecular complexity index is 601. The fraction of sp³-hybridized carbons (Fsp3) is 0.316. The zero-order chi connectivity index (χ0) is 16.3. The maximum Gasteiger partial charge on any atom is 0.166 e. The van der Waals surface area contributed by atoms with Gasteiger partial charge in [-0.15, -0.1) is 0 Å². The lowest BCUT2D eigenvalue weighted by Crippen LogP contribution is -2.35. The first-order valence-electron chi connectivity index (χ1n) is 7.99. The van der Waals surface area contributed by atoms with Crippen LogP contribution in [-0.2, 0) is 24.5 Å². The lowest BCUT2D eigenvalue weighted by Gasteiger charge is -2.11. The number of hydrogen-bond donors (Lipinski definition) is 2. The second-order valence-corrected chi connectivity index (χ2v) is 5.82. The van der Waals surface area contributed by atoms with E-state index in [0.29, 0.717) is 18.3 Å². The van der Waals surface area contributed by atoms with Crippen molar-refractivity contribution in [1.29, 1.82) is 0 Å². The van der Waals surface area contributed by atoms with E-state index in [9.17, 15) is 0 Å². The average molecular weight is 328 g/mol. The van der Waals surface area contributed by atoms with Crippen LogP contribution in [-0.4, -0.2) is 11.7 Å². The molecule has 0 aliphatic rings. The predicted octanol–water partition coefficient (Wildman–Crippen LogP) is 3.78. The molecule has 2 rings (SSSR count). The van der Waals surface area contributed by atoms with Crippen LogP contribution >= 0.6 is 12.2 Å². The van der Waals surface area contributed by atoms with Gasteiger partial charge in [0.25, 0.3) is 0 Å². The molecule has 0 aliphatic heterocycles. The Hall–Kier alpha value is -1.91. The fourth-order valence-corrected chi connectivity index (χ4v) is 2.35. The van der Waals surface area contributed by atoms with Crippen molar-refractivity contribution >= 4 is 17.3 Å². The molecule has 0 radical (unpaired) electrons. The van der Waals surface area contributed by atoms with Crippen molar-refractivity contribution in [3.05, 3.63) is 71.3 Å². The number of rotatable bonds is 8. The Morgan fingerprint density at radius 2 is 1.61 bits per heavy atom. The number of thiocarbonyl (C=S) groups is 1. The van der Waals surface area contributed by atoms with E-state index in [4.69, 9.17) is 17.0 Å². The quantitative estimate of drug-likeness (QED) is 0.723. The van der Waals surface area contributed by atoms with Crippen LogP contribution in [0.2, 0.25) is 0 Å². The van der Waals surface area contributed by atoms with Crippen LogP contribution in [0.25, 0.3) is 0 Å². The first-order valence-corrected chi connectivity index (χ1v) is 8.40. The van der Waals surface area contributed by atoms with Crippen LogP contribution in [0, 0.1) is 0 Å². The van der Waals surface area contributed by atoms with Gasteiger partial charge >= 0.3 is 0 Å². The van der Waals surface area contributed by atoms with Gasteiger partial charge in [0.05, 0.1) is 13.2 Å². The van der Waals surface area contributed by atoms with Crippen LogP contribution < -0.4 is 10.6 Å². The lowest BCUT2D eigenvalue weighted by molar-refractivity contribution is 0.107. The highest BCUT2D eigenvalue weighted by atomic mass is 32.1. The zero-order valence-electron chi connectivity index (χ0n) is 13.5. The third kappa shape index (κ3) is 6.80. The molecule has 2 aromatic carbocycles. The van der Waals surface area contributed by atoms with Crippen LogP contribution in [0.3, 0.4) is 0 Å². The van der Waals surface area contributed by atoms with E-state index in [1.807, 2.05) is 18.2 Å². The van der Waals surface area contributed by atoms with Crippen LogP contribution in [0.4, 0.5) is 0 Å². The first-order chi connectivity index (χ1) is 11.3. The summed E-state index contributed by atoms with van der Waals surface area (Å²) in [7, 11) is 0. The normalized spacial score (nSPS) is 10.3. The third-order valence-corrected chi connectivity index (χ3v) is 3.65. The predicted molar refractivity (Wildman–Crippen MR) is 99.1 cm³/mol. The van der Waals surface area contributed by atoms with Gasteiger partial charge in [-0.1, -0.05) is 61.5 Å². The van der Waals surface area contributed by atoms with Gasteiger partial charge < -0.3 is 15.4 Å². The van der Waals surface area contributed by atoms with E-state index < -0.39 is 0 Å². The van der Waals surface area contributed by atoms with Crippen LogP contribution in [0.5, 0.6) is 0 Å². The molecule has 122 valence electrons. The summed E-state index contributed by atoms with van der Waals surface area (Å²) in [6.07, 6.45) is 1.07. The van der Waals surface area contributed by atoms with Crippen molar-refractivity contribution in [1.82, 2.24) is 10.6 Å². The van der Waals surface area contributed by atoms with Gasteiger partial charge in [0.15, 0.2) is 5.11 Å².